The lowest BCUT2D eigenvalue weighted by molar-refractivity contribution is -0.140. The van der Waals surface area contributed by atoms with Crippen LogP contribution in [-0.2, 0) is 14.8 Å². The van der Waals surface area contributed by atoms with Crippen LogP contribution in [-0.4, -0.2) is 36.5 Å². The quantitative estimate of drug-likeness (QED) is 0.743. The standard InChI is InChI=1S/C15H20N2O5S/c1-14(2,3)17-23(21,22)11-6-4-10(5-7-11)12(18)16-15(8-9-15)13(19)20/h4-7,17H,8-9H2,1-3H3,(H,16,18)(H,19,20). The number of carbonyl (C=O) groups is 2. The minimum Gasteiger partial charge on any atom is -0.480 e. The fourth-order valence-electron chi connectivity index (χ4n) is 2.05. The monoisotopic (exact) mass is 340 g/mol. The maximum absolute atomic E-state index is 12.2. The van der Waals surface area contributed by atoms with E-state index in [2.05, 4.69) is 10.0 Å². The summed E-state index contributed by atoms with van der Waals surface area (Å²) in [6, 6.07) is 5.38. The van der Waals surface area contributed by atoms with Crippen LogP contribution in [0.3, 0.4) is 0 Å². The van der Waals surface area contributed by atoms with Gasteiger partial charge in [-0.05, 0) is 57.9 Å². The van der Waals surface area contributed by atoms with Crippen molar-refractivity contribution in [2.24, 2.45) is 0 Å². The molecule has 126 valence electrons. The van der Waals surface area contributed by atoms with E-state index in [1.807, 2.05) is 0 Å². The van der Waals surface area contributed by atoms with Crippen LogP contribution in [0, 0.1) is 0 Å². The van der Waals surface area contributed by atoms with Crippen LogP contribution in [0.25, 0.3) is 0 Å². The maximum atomic E-state index is 12.2. The summed E-state index contributed by atoms with van der Waals surface area (Å²) in [6.07, 6.45) is 0.798. The van der Waals surface area contributed by atoms with Crippen LogP contribution in [0.1, 0.15) is 44.0 Å². The molecule has 0 spiro atoms. The molecule has 0 aromatic heterocycles. The molecule has 8 heteroatoms. The highest BCUT2D eigenvalue weighted by Crippen LogP contribution is 2.35. The number of carbonyl (C=O) groups excluding carboxylic acids is 1. The van der Waals surface area contributed by atoms with E-state index in [4.69, 9.17) is 5.11 Å². The number of carboxylic acids is 1. The van der Waals surface area contributed by atoms with Gasteiger partial charge in [-0.15, -0.1) is 0 Å². The smallest absolute Gasteiger partial charge is 0.329 e. The minimum atomic E-state index is -3.67. The van der Waals surface area contributed by atoms with E-state index >= 15 is 0 Å². The average molecular weight is 340 g/mol. The number of amides is 1. The summed E-state index contributed by atoms with van der Waals surface area (Å²) < 4.78 is 26.9. The molecule has 0 radical (unpaired) electrons. The zero-order valence-corrected chi connectivity index (χ0v) is 14.0. The largest absolute Gasteiger partial charge is 0.480 e. The van der Waals surface area contributed by atoms with Gasteiger partial charge in [-0.3, -0.25) is 4.79 Å². The Labute approximate surface area is 135 Å². The van der Waals surface area contributed by atoms with Crippen molar-refractivity contribution in [1.82, 2.24) is 10.0 Å². The summed E-state index contributed by atoms with van der Waals surface area (Å²) in [5, 5.41) is 11.5. The SMILES string of the molecule is CC(C)(C)NS(=O)(=O)c1ccc(C(=O)NC2(C(=O)O)CC2)cc1. The van der Waals surface area contributed by atoms with E-state index in [1.165, 1.54) is 24.3 Å². The Bertz CT molecular complexity index is 728. The average Bonchev–Trinajstić information content (AvgIpc) is 3.17. The fraction of sp³-hybridized carbons (Fsp3) is 0.467. The molecule has 1 aliphatic rings. The molecule has 0 unspecified atom stereocenters. The number of sulfonamides is 1. The Morgan fingerprint density at radius 2 is 1.65 bits per heavy atom. The van der Waals surface area contributed by atoms with Crippen LogP contribution in [0.4, 0.5) is 0 Å². The zero-order chi connectivity index (χ0) is 17.5. The Kier molecular flexibility index (Phi) is 4.25. The van der Waals surface area contributed by atoms with E-state index in [0.29, 0.717) is 12.8 Å². The number of hydrogen-bond donors (Lipinski definition) is 3. The van der Waals surface area contributed by atoms with E-state index in [-0.39, 0.29) is 10.5 Å². The van der Waals surface area contributed by atoms with Crippen LogP contribution < -0.4 is 10.0 Å². The van der Waals surface area contributed by atoms with Gasteiger partial charge < -0.3 is 10.4 Å². The van der Waals surface area contributed by atoms with Gasteiger partial charge in [0.15, 0.2) is 0 Å². The van der Waals surface area contributed by atoms with Gasteiger partial charge in [0.2, 0.25) is 10.0 Å². The molecule has 1 amide bonds. The molecule has 0 atom stereocenters. The summed E-state index contributed by atoms with van der Waals surface area (Å²) in [7, 11) is -3.67. The first-order valence-electron chi connectivity index (χ1n) is 7.15. The van der Waals surface area contributed by atoms with Crippen LogP contribution >= 0.6 is 0 Å². The molecule has 0 aliphatic heterocycles. The van der Waals surface area contributed by atoms with Crippen molar-refractivity contribution in [2.45, 2.75) is 49.6 Å². The second kappa shape index (κ2) is 5.61. The lowest BCUT2D eigenvalue weighted by atomic mass is 10.1. The highest BCUT2D eigenvalue weighted by Gasteiger charge is 2.51. The van der Waals surface area contributed by atoms with Gasteiger partial charge in [-0.2, -0.15) is 0 Å². The minimum absolute atomic E-state index is 0.0448. The predicted molar refractivity (Wildman–Crippen MR) is 83.6 cm³/mol. The van der Waals surface area contributed by atoms with Crippen molar-refractivity contribution in [1.29, 1.82) is 0 Å². The van der Waals surface area contributed by atoms with E-state index in [0.717, 1.165) is 0 Å². The van der Waals surface area contributed by atoms with Crippen LogP contribution in [0.15, 0.2) is 29.2 Å². The number of benzene rings is 1. The normalized spacial score (nSPS) is 16.7. The first-order chi connectivity index (χ1) is 10.5. The van der Waals surface area contributed by atoms with E-state index in [1.54, 1.807) is 20.8 Å². The Hall–Kier alpha value is -1.93. The Balaban J connectivity index is 2.14. The lowest BCUT2D eigenvalue weighted by Gasteiger charge is -2.20. The molecule has 23 heavy (non-hydrogen) atoms. The molecule has 0 heterocycles. The molecule has 1 fully saturated rings. The molecule has 7 nitrogen and oxygen atoms in total. The molecular weight excluding hydrogens is 320 g/mol. The van der Waals surface area contributed by atoms with Gasteiger partial charge in [0.05, 0.1) is 4.90 Å². The second-order valence-corrected chi connectivity index (χ2v) is 8.40. The van der Waals surface area contributed by atoms with Gasteiger partial charge >= 0.3 is 5.97 Å². The van der Waals surface area contributed by atoms with Crippen molar-refractivity contribution in [3.8, 4) is 0 Å². The third kappa shape index (κ3) is 4.08. The van der Waals surface area contributed by atoms with E-state index in [9.17, 15) is 18.0 Å². The lowest BCUT2D eigenvalue weighted by Crippen LogP contribution is -2.43. The highest BCUT2D eigenvalue weighted by molar-refractivity contribution is 7.89. The maximum Gasteiger partial charge on any atom is 0.329 e. The number of nitrogens with one attached hydrogen (secondary N) is 2. The molecule has 2 rings (SSSR count). The topological polar surface area (TPSA) is 113 Å². The summed E-state index contributed by atoms with van der Waals surface area (Å²) in [4.78, 5) is 23.2. The van der Waals surface area contributed by atoms with Gasteiger partial charge in [-0.1, -0.05) is 0 Å². The number of hydrogen-bond acceptors (Lipinski definition) is 4. The third-order valence-electron chi connectivity index (χ3n) is 3.38. The zero-order valence-electron chi connectivity index (χ0n) is 13.2. The number of carboxylic acid groups (broad SMARTS) is 1. The third-order valence-corrected chi connectivity index (χ3v) is 5.15. The van der Waals surface area contributed by atoms with Gasteiger partial charge in [-0.25, -0.2) is 17.9 Å². The summed E-state index contributed by atoms with van der Waals surface area (Å²) in [6.45, 7) is 5.19. The molecule has 0 bridgehead atoms. The molecule has 3 N–H and O–H groups in total. The van der Waals surface area contributed by atoms with Crippen molar-refractivity contribution in [3.63, 3.8) is 0 Å². The number of aliphatic carboxylic acids is 1. The van der Waals surface area contributed by atoms with E-state index < -0.39 is 33.0 Å². The summed E-state index contributed by atoms with van der Waals surface area (Å²) >= 11 is 0. The second-order valence-electron chi connectivity index (χ2n) is 6.72. The summed E-state index contributed by atoms with van der Waals surface area (Å²) in [5.74, 6) is -1.59. The van der Waals surface area contributed by atoms with Crippen molar-refractivity contribution < 1.29 is 23.1 Å². The van der Waals surface area contributed by atoms with Gasteiger partial charge in [0, 0.05) is 11.1 Å². The Morgan fingerprint density at radius 3 is 2.04 bits per heavy atom. The summed E-state index contributed by atoms with van der Waals surface area (Å²) in [5.41, 5.74) is -1.57. The molecule has 1 aliphatic carbocycles. The molecule has 1 aromatic rings. The highest BCUT2D eigenvalue weighted by atomic mass is 32.2. The van der Waals surface area contributed by atoms with Crippen LogP contribution in [0.5, 0.6) is 0 Å². The molecule has 0 saturated heterocycles. The van der Waals surface area contributed by atoms with Gasteiger partial charge in [0.1, 0.15) is 5.54 Å². The Morgan fingerprint density at radius 1 is 1.13 bits per heavy atom. The molecule has 1 aromatic carbocycles. The molecular formula is C15H20N2O5S. The first-order valence-corrected chi connectivity index (χ1v) is 8.64. The number of rotatable bonds is 5. The predicted octanol–water partition coefficient (Wildman–Crippen LogP) is 1.11. The van der Waals surface area contributed by atoms with Crippen molar-refractivity contribution >= 4 is 21.9 Å². The molecule has 1 saturated carbocycles. The van der Waals surface area contributed by atoms with Crippen molar-refractivity contribution in [3.05, 3.63) is 29.8 Å². The van der Waals surface area contributed by atoms with Crippen LogP contribution in [0.2, 0.25) is 0 Å². The van der Waals surface area contributed by atoms with Gasteiger partial charge in [0.25, 0.3) is 5.91 Å². The first kappa shape index (κ1) is 17.4. The fourth-order valence-corrected chi connectivity index (χ4v) is 3.47. The van der Waals surface area contributed by atoms with Crippen molar-refractivity contribution in [2.75, 3.05) is 0 Å².